The summed E-state index contributed by atoms with van der Waals surface area (Å²) in [5.74, 6) is 6.48. The molecule has 0 heterocycles. The van der Waals surface area contributed by atoms with E-state index in [9.17, 15) is 5.11 Å². The van der Waals surface area contributed by atoms with Crippen LogP contribution in [0.1, 0.15) is 25.8 Å². The number of hydrazine groups is 1. The minimum Gasteiger partial charge on any atom is -0.390 e. The highest BCUT2D eigenvalue weighted by Gasteiger charge is 2.17. The molecular weight excluding hydrogens is 238 g/mol. The second kappa shape index (κ2) is 8.27. The first-order chi connectivity index (χ1) is 8.99. The summed E-state index contributed by atoms with van der Waals surface area (Å²) in [5, 5.41) is 11.7. The van der Waals surface area contributed by atoms with Crippen LogP contribution >= 0.6 is 0 Å². The highest BCUT2D eigenvalue weighted by atomic mass is 16.3. The number of hydrogen-bond acceptors (Lipinski definition) is 4. The van der Waals surface area contributed by atoms with Crippen LogP contribution in [0, 0.1) is 5.92 Å². The lowest BCUT2D eigenvalue weighted by Gasteiger charge is -2.25. The summed E-state index contributed by atoms with van der Waals surface area (Å²) < 4.78 is 0. The molecule has 1 rings (SSSR count). The number of hydrogen-bond donors (Lipinski definition) is 3. The van der Waals surface area contributed by atoms with Crippen molar-refractivity contribution in [2.24, 2.45) is 17.5 Å². The smallest absolute Gasteiger partial charge is 0.0834 e. The van der Waals surface area contributed by atoms with Gasteiger partial charge >= 0.3 is 0 Å². The molecule has 0 aromatic heterocycles. The summed E-state index contributed by atoms with van der Waals surface area (Å²) in [7, 11) is 0. The predicted molar refractivity (Wildman–Crippen MR) is 79.3 cm³/mol. The van der Waals surface area contributed by atoms with E-state index >= 15 is 0 Å². The van der Waals surface area contributed by atoms with Gasteiger partial charge in [0.25, 0.3) is 0 Å². The van der Waals surface area contributed by atoms with Crippen molar-refractivity contribution < 1.29 is 5.11 Å². The molecule has 0 bridgehead atoms. The van der Waals surface area contributed by atoms with E-state index in [1.165, 1.54) is 0 Å². The van der Waals surface area contributed by atoms with Crippen molar-refractivity contribution in [1.82, 2.24) is 5.01 Å². The Bertz CT molecular complexity index is 343. The average molecular weight is 265 g/mol. The van der Waals surface area contributed by atoms with Gasteiger partial charge in [-0.3, -0.25) is 5.84 Å². The van der Waals surface area contributed by atoms with Crippen LogP contribution in [0.25, 0.3) is 0 Å². The van der Waals surface area contributed by atoms with Gasteiger partial charge in [-0.25, -0.2) is 5.01 Å². The minimum atomic E-state index is -0.600. The van der Waals surface area contributed by atoms with Gasteiger partial charge in [0.15, 0.2) is 0 Å². The van der Waals surface area contributed by atoms with Gasteiger partial charge in [-0.05, 0) is 24.3 Å². The Labute approximate surface area is 116 Å². The summed E-state index contributed by atoms with van der Waals surface area (Å²) in [6, 6.07) is 9.68. The van der Waals surface area contributed by atoms with E-state index in [0.717, 1.165) is 18.5 Å². The lowest BCUT2D eigenvalue weighted by Crippen LogP contribution is -2.47. The van der Waals surface area contributed by atoms with Gasteiger partial charge in [-0.1, -0.05) is 44.2 Å². The number of benzene rings is 1. The maximum Gasteiger partial charge on any atom is 0.0834 e. The molecule has 0 aliphatic rings. The number of rotatable bonds is 8. The highest BCUT2D eigenvalue weighted by Crippen LogP contribution is 2.06. The molecular formula is C15H27N3O. The van der Waals surface area contributed by atoms with Crippen LogP contribution < -0.4 is 11.6 Å². The predicted octanol–water partition coefficient (Wildman–Crippen LogP) is 1.14. The lowest BCUT2D eigenvalue weighted by atomic mass is 10.0. The first-order valence-electron chi connectivity index (χ1n) is 6.96. The third kappa shape index (κ3) is 6.68. The van der Waals surface area contributed by atoms with Crippen LogP contribution in [0.4, 0.5) is 0 Å². The molecule has 2 atom stereocenters. The molecule has 0 spiro atoms. The van der Waals surface area contributed by atoms with Crippen LogP contribution in [0.5, 0.6) is 0 Å². The molecule has 0 saturated heterocycles. The SMILES string of the molecule is CC(C)CCN(N)C[C@H](O)[C@@H](N)Cc1ccccc1. The Balaban J connectivity index is 2.34. The summed E-state index contributed by atoms with van der Waals surface area (Å²) in [6.45, 7) is 5.52. The second-order valence-corrected chi connectivity index (χ2v) is 5.60. The summed E-state index contributed by atoms with van der Waals surface area (Å²) in [5.41, 5.74) is 7.16. The van der Waals surface area contributed by atoms with Crippen molar-refractivity contribution in [3.63, 3.8) is 0 Å². The number of aliphatic hydroxyl groups is 1. The Kier molecular flexibility index (Phi) is 7.02. The zero-order valence-electron chi connectivity index (χ0n) is 12.0. The molecule has 0 radical (unpaired) electrons. The monoisotopic (exact) mass is 265 g/mol. The van der Waals surface area contributed by atoms with Gasteiger partial charge in [-0.15, -0.1) is 0 Å². The Hall–Kier alpha value is -0.940. The number of nitrogens with zero attached hydrogens (tertiary/aromatic N) is 1. The molecule has 0 fully saturated rings. The van der Waals surface area contributed by atoms with Gasteiger partial charge in [0.2, 0.25) is 0 Å². The minimum absolute atomic E-state index is 0.285. The van der Waals surface area contributed by atoms with Crippen LogP contribution in [-0.4, -0.2) is 35.4 Å². The molecule has 4 heteroatoms. The molecule has 1 aromatic carbocycles. The van der Waals surface area contributed by atoms with E-state index in [1.807, 2.05) is 30.3 Å². The van der Waals surface area contributed by atoms with Crippen molar-refractivity contribution in [3.8, 4) is 0 Å². The van der Waals surface area contributed by atoms with Crippen molar-refractivity contribution in [1.29, 1.82) is 0 Å². The zero-order chi connectivity index (χ0) is 14.3. The molecule has 0 aliphatic heterocycles. The normalized spacial score (nSPS) is 14.9. The molecule has 0 saturated carbocycles. The van der Waals surface area contributed by atoms with E-state index < -0.39 is 6.10 Å². The maximum absolute atomic E-state index is 10.1. The second-order valence-electron chi connectivity index (χ2n) is 5.60. The zero-order valence-corrected chi connectivity index (χ0v) is 12.0. The topological polar surface area (TPSA) is 75.5 Å². The lowest BCUT2D eigenvalue weighted by molar-refractivity contribution is 0.0887. The van der Waals surface area contributed by atoms with Crippen molar-refractivity contribution >= 4 is 0 Å². The Morgan fingerprint density at radius 3 is 2.42 bits per heavy atom. The third-order valence-corrected chi connectivity index (χ3v) is 3.22. The summed E-state index contributed by atoms with van der Waals surface area (Å²) in [4.78, 5) is 0. The van der Waals surface area contributed by atoms with Crippen LogP contribution in [-0.2, 0) is 6.42 Å². The molecule has 108 valence electrons. The first-order valence-corrected chi connectivity index (χ1v) is 6.96. The fourth-order valence-electron chi connectivity index (χ4n) is 1.91. The number of nitrogens with two attached hydrogens (primary N) is 2. The van der Waals surface area contributed by atoms with E-state index in [2.05, 4.69) is 13.8 Å². The van der Waals surface area contributed by atoms with Gasteiger partial charge in [0.05, 0.1) is 6.10 Å². The maximum atomic E-state index is 10.1. The van der Waals surface area contributed by atoms with Gasteiger partial charge in [0.1, 0.15) is 0 Å². The van der Waals surface area contributed by atoms with Crippen LogP contribution in [0.15, 0.2) is 30.3 Å². The molecule has 19 heavy (non-hydrogen) atoms. The molecule has 0 aliphatic carbocycles. The highest BCUT2D eigenvalue weighted by molar-refractivity contribution is 5.16. The van der Waals surface area contributed by atoms with Gasteiger partial charge < -0.3 is 10.8 Å². The average Bonchev–Trinajstić information content (AvgIpc) is 2.37. The quantitative estimate of drug-likeness (QED) is 0.487. The fraction of sp³-hybridized carbons (Fsp3) is 0.600. The van der Waals surface area contributed by atoms with Crippen LogP contribution in [0.2, 0.25) is 0 Å². The Morgan fingerprint density at radius 1 is 1.21 bits per heavy atom. The summed E-state index contributed by atoms with van der Waals surface area (Å²) >= 11 is 0. The van der Waals surface area contributed by atoms with Crippen molar-refractivity contribution in [2.75, 3.05) is 13.1 Å². The van der Waals surface area contributed by atoms with E-state index in [-0.39, 0.29) is 6.04 Å². The molecule has 5 N–H and O–H groups in total. The number of aliphatic hydroxyl groups excluding tert-OH is 1. The standard InChI is InChI=1S/C15H27N3O/c1-12(2)8-9-18(17)11-15(19)14(16)10-13-6-4-3-5-7-13/h3-7,12,14-15,19H,8-11,16-17H2,1-2H3/t14-,15-/m0/s1. The van der Waals surface area contributed by atoms with E-state index in [1.54, 1.807) is 5.01 Å². The van der Waals surface area contributed by atoms with E-state index in [4.69, 9.17) is 11.6 Å². The first kappa shape index (κ1) is 16.1. The molecule has 0 unspecified atom stereocenters. The van der Waals surface area contributed by atoms with Crippen LogP contribution in [0.3, 0.4) is 0 Å². The largest absolute Gasteiger partial charge is 0.390 e. The van der Waals surface area contributed by atoms with Crippen molar-refractivity contribution in [2.45, 2.75) is 38.8 Å². The van der Waals surface area contributed by atoms with Gasteiger partial charge in [-0.2, -0.15) is 0 Å². The van der Waals surface area contributed by atoms with Gasteiger partial charge in [0, 0.05) is 19.1 Å². The molecule has 1 aromatic rings. The molecule has 0 amide bonds. The summed E-state index contributed by atoms with van der Waals surface area (Å²) in [6.07, 6.45) is 1.09. The van der Waals surface area contributed by atoms with Crippen molar-refractivity contribution in [3.05, 3.63) is 35.9 Å². The van der Waals surface area contributed by atoms with E-state index in [0.29, 0.717) is 18.9 Å². The third-order valence-electron chi connectivity index (χ3n) is 3.22. The Morgan fingerprint density at radius 2 is 1.84 bits per heavy atom. The fourth-order valence-corrected chi connectivity index (χ4v) is 1.91. The molecule has 4 nitrogen and oxygen atoms in total.